The van der Waals surface area contributed by atoms with E-state index in [-0.39, 0.29) is 18.1 Å². The number of primary amides is 1. The van der Waals surface area contributed by atoms with Gasteiger partial charge in [-0.15, -0.1) is 11.3 Å². The number of benzene rings is 1. The van der Waals surface area contributed by atoms with E-state index in [1.54, 1.807) is 12.1 Å². The molecule has 28 heavy (non-hydrogen) atoms. The highest BCUT2D eigenvalue weighted by Crippen LogP contribution is 2.31. The van der Waals surface area contributed by atoms with Crippen molar-refractivity contribution in [2.45, 2.75) is 37.3 Å². The average Bonchev–Trinajstić information content (AvgIpc) is 3.30. The quantitative estimate of drug-likeness (QED) is 0.474. The number of rotatable bonds is 7. The number of para-hydroxylation sites is 1. The van der Waals surface area contributed by atoms with Gasteiger partial charge in [-0.25, -0.2) is 4.98 Å². The van der Waals surface area contributed by atoms with Crippen LogP contribution in [0.2, 0.25) is 0 Å². The van der Waals surface area contributed by atoms with E-state index in [1.165, 1.54) is 41.6 Å². The fourth-order valence-corrected chi connectivity index (χ4v) is 5.43. The van der Waals surface area contributed by atoms with Crippen LogP contribution in [0, 0.1) is 0 Å². The number of carbonyl (C=O) groups is 2. The van der Waals surface area contributed by atoms with Crippen LogP contribution in [0.3, 0.4) is 0 Å². The molecular weight excluding hydrogens is 390 g/mol. The molecule has 0 radical (unpaired) electrons. The predicted molar refractivity (Wildman–Crippen MR) is 112 cm³/mol. The van der Waals surface area contributed by atoms with Crippen LogP contribution < -0.4 is 5.73 Å². The number of aromatic nitrogens is 2. The summed E-state index contributed by atoms with van der Waals surface area (Å²) in [6, 6.07) is 13.8. The Morgan fingerprint density at radius 1 is 1.11 bits per heavy atom. The number of amides is 1. The Kier molecular flexibility index (Phi) is 5.64. The van der Waals surface area contributed by atoms with Gasteiger partial charge in [-0.3, -0.25) is 14.2 Å². The molecule has 1 aliphatic carbocycles. The number of hydrogen-bond donors (Lipinski definition) is 1. The minimum atomic E-state index is -0.384. The molecule has 1 aliphatic rings. The largest absolute Gasteiger partial charge is 0.369 e. The third-order valence-electron chi connectivity index (χ3n) is 4.73. The molecule has 0 bridgehead atoms. The number of nitrogens with two attached hydrogens (primary N) is 1. The maximum atomic E-state index is 12.6. The van der Waals surface area contributed by atoms with Crippen molar-refractivity contribution < 1.29 is 9.59 Å². The van der Waals surface area contributed by atoms with Gasteiger partial charge in [0, 0.05) is 16.3 Å². The molecule has 1 amide bonds. The van der Waals surface area contributed by atoms with E-state index in [9.17, 15) is 9.59 Å². The van der Waals surface area contributed by atoms with Crippen molar-refractivity contribution in [3.8, 4) is 5.69 Å². The molecule has 2 N–H and O–H groups in total. The zero-order valence-electron chi connectivity index (χ0n) is 15.4. The summed E-state index contributed by atoms with van der Waals surface area (Å²) >= 11 is 2.82. The van der Waals surface area contributed by atoms with Gasteiger partial charge in [0.05, 0.1) is 22.7 Å². The van der Waals surface area contributed by atoms with Gasteiger partial charge in [-0.05, 0) is 49.9 Å². The Labute approximate surface area is 172 Å². The molecule has 5 nitrogen and oxygen atoms in total. The topological polar surface area (TPSA) is 78.0 Å². The number of aryl methyl sites for hydroxylation is 1. The molecule has 1 aromatic carbocycles. The highest BCUT2D eigenvalue weighted by Gasteiger charge is 2.22. The number of hydrogen-bond acceptors (Lipinski definition) is 5. The first kappa shape index (κ1) is 19.0. The van der Waals surface area contributed by atoms with Crippen LogP contribution >= 0.6 is 23.1 Å². The molecular formula is C21H21N3O2S2. The van der Waals surface area contributed by atoms with E-state index < -0.39 is 0 Å². The number of Topliss-reactive ketones (excluding diaryl/α,β-unsaturated/α-hetero) is 1. The number of imidazole rings is 1. The average molecular weight is 412 g/mol. The predicted octanol–water partition coefficient (Wildman–Crippen LogP) is 3.82. The molecule has 144 valence electrons. The minimum absolute atomic E-state index is 0.0475. The first-order valence-corrected chi connectivity index (χ1v) is 11.1. The third kappa shape index (κ3) is 4.05. The molecule has 4 rings (SSSR count). The van der Waals surface area contributed by atoms with Crippen LogP contribution in [0.25, 0.3) is 5.69 Å². The van der Waals surface area contributed by atoms with Crippen molar-refractivity contribution in [2.24, 2.45) is 5.73 Å². The van der Waals surface area contributed by atoms with E-state index in [0.29, 0.717) is 10.6 Å². The van der Waals surface area contributed by atoms with Crippen molar-refractivity contribution in [1.29, 1.82) is 0 Å². The molecule has 0 saturated heterocycles. The number of fused-ring (bicyclic) bond motifs is 1. The van der Waals surface area contributed by atoms with Crippen molar-refractivity contribution >= 4 is 34.8 Å². The fourth-order valence-electron chi connectivity index (χ4n) is 3.45. The fraction of sp³-hybridized carbons (Fsp3) is 0.286. The number of thiophene rings is 1. The van der Waals surface area contributed by atoms with E-state index in [2.05, 4.69) is 16.7 Å². The Balaban J connectivity index is 1.55. The summed E-state index contributed by atoms with van der Waals surface area (Å²) in [4.78, 5) is 30.0. The Morgan fingerprint density at radius 2 is 1.89 bits per heavy atom. The molecule has 0 fully saturated rings. The maximum Gasteiger partial charge on any atom is 0.222 e. The van der Waals surface area contributed by atoms with Gasteiger partial charge in [0.1, 0.15) is 0 Å². The minimum Gasteiger partial charge on any atom is -0.369 e. The summed E-state index contributed by atoms with van der Waals surface area (Å²) in [5, 5.41) is 0.875. The zero-order chi connectivity index (χ0) is 19.5. The number of ketones is 1. The number of thioether (sulfide) groups is 1. The van der Waals surface area contributed by atoms with Gasteiger partial charge in [0.15, 0.2) is 10.9 Å². The van der Waals surface area contributed by atoms with Gasteiger partial charge >= 0.3 is 0 Å². The summed E-state index contributed by atoms with van der Waals surface area (Å²) in [7, 11) is 0. The second-order valence-corrected chi connectivity index (χ2v) is 8.90. The van der Waals surface area contributed by atoms with Gasteiger partial charge in [-0.1, -0.05) is 30.0 Å². The van der Waals surface area contributed by atoms with Crippen LogP contribution in [0.1, 0.15) is 38.8 Å². The van der Waals surface area contributed by atoms with E-state index in [0.717, 1.165) is 34.3 Å². The van der Waals surface area contributed by atoms with Crippen molar-refractivity contribution in [3.63, 3.8) is 0 Å². The molecule has 0 atom stereocenters. The summed E-state index contributed by atoms with van der Waals surface area (Å²) in [6.45, 7) is 0. The van der Waals surface area contributed by atoms with E-state index >= 15 is 0 Å². The van der Waals surface area contributed by atoms with E-state index in [1.807, 2.05) is 18.2 Å². The van der Waals surface area contributed by atoms with Crippen LogP contribution in [-0.2, 0) is 24.1 Å². The van der Waals surface area contributed by atoms with Crippen LogP contribution in [0.15, 0.2) is 47.6 Å². The molecule has 0 spiro atoms. The summed E-state index contributed by atoms with van der Waals surface area (Å²) in [6.07, 6.45) is 4.54. The third-order valence-corrected chi connectivity index (χ3v) is 6.80. The first-order valence-electron chi connectivity index (χ1n) is 9.31. The molecule has 2 heterocycles. The van der Waals surface area contributed by atoms with Crippen LogP contribution in [-0.4, -0.2) is 27.0 Å². The van der Waals surface area contributed by atoms with Crippen molar-refractivity contribution in [3.05, 3.63) is 63.6 Å². The van der Waals surface area contributed by atoms with Crippen LogP contribution in [0.4, 0.5) is 0 Å². The molecule has 2 aromatic heterocycles. The second-order valence-electron chi connectivity index (χ2n) is 6.79. The van der Waals surface area contributed by atoms with E-state index in [4.69, 9.17) is 10.7 Å². The normalized spacial score (nSPS) is 13.3. The molecule has 7 heteroatoms. The Morgan fingerprint density at radius 3 is 2.68 bits per heavy atom. The lowest BCUT2D eigenvalue weighted by molar-refractivity contribution is -0.117. The summed E-state index contributed by atoms with van der Waals surface area (Å²) in [5.74, 6) is -0.0174. The molecule has 0 unspecified atom stereocenters. The van der Waals surface area contributed by atoms with Gasteiger partial charge in [0.25, 0.3) is 0 Å². The van der Waals surface area contributed by atoms with Gasteiger partial charge < -0.3 is 5.73 Å². The van der Waals surface area contributed by atoms with Crippen LogP contribution in [0.5, 0.6) is 0 Å². The smallest absolute Gasteiger partial charge is 0.222 e. The first-order chi connectivity index (χ1) is 13.6. The number of carbonyl (C=O) groups excluding carboxylic acids is 2. The maximum absolute atomic E-state index is 12.6. The summed E-state index contributed by atoms with van der Waals surface area (Å²) < 4.78 is 2.21. The lowest BCUT2D eigenvalue weighted by Crippen LogP contribution is -2.12. The van der Waals surface area contributed by atoms with Crippen molar-refractivity contribution in [1.82, 2.24) is 9.55 Å². The van der Waals surface area contributed by atoms with Gasteiger partial charge in [0.2, 0.25) is 5.91 Å². The SMILES string of the molecule is NC(=O)Cc1ccc(C(=O)CSc2nc3c(n2-c2ccccc2)CCCC3)s1. The highest BCUT2D eigenvalue weighted by molar-refractivity contribution is 7.99. The molecule has 3 aromatic rings. The zero-order valence-corrected chi connectivity index (χ0v) is 17.0. The van der Waals surface area contributed by atoms with Gasteiger partial charge in [-0.2, -0.15) is 0 Å². The number of nitrogens with zero attached hydrogens (tertiary/aromatic N) is 2. The Hall–Kier alpha value is -2.38. The Bertz CT molecular complexity index is 1010. The molecule has 0 aliphatic heterocycles. The lowest BCUT2D eigenvalue weighted by Gasteiger charge is -2.15. The second kappa shape index (κ2) is 8.32. The molecule has 0 saturated carbocycles. The lowest BCUT2D eigenvalue weighted by atomic mass is 10.0. The monoisotopic (exact) mass is 411 g/mol. The summed E-state index contributed by atoms with van der Waals surface area (Å²) in [5.41, 5.74) is 8.75. The highest BCUT2D eigenvalue weighted by atomic mass is 32.2. The standard InChI is InChI=1S/C21H21N3O2S2/c22-20(26)12-15-10-11-19(28-15)18(25)13-27-21-23-16-8-4-5-9-17(16)24(21)14-6-2-1-3-7-14/h1-3,6-7,10-11H,4-5,8-9,12-13H2,(H2,22,26). The van der Waals surface area contributed by atoms with Crippen molar-refractivity contribution in [2.75, 3.05) is 5.75 Å².